The SMILES string of the molecule is CCOC(=O)CCc1ccc(CCN2CCN(Cc3ccccc3)CC2)cc1. The van der Waals surface area contributed by atoms with Crippen molar-refractivity contribution >= 4 is 5.97 Å². The molecule has 0 amide bonds. The molecule has 2 aromatic rings. The van der Waals surface area contributed by atoms with Crippen LogP contribution in [0, 0.1) is 0 Å². The monoisotopic (exact) mass is 380 g/mol. The quantitative estimate of drug-likeness (QED) is 0.623. The fourth-order valence-corrected chi connectivity index (χ4v) is 3.65. The Morgan fingerprint density at radius 3 is 2.07 bits per heavy atom. The van der Waals surface area contributed by atoms with E-state index in [0.29, 0.717) is 13.0 Å². The second-order valence-electron chi connectivity index (χ2n) is 7.47. The van der Waals surface area contributed by atoms with E-state index < -0.39 is 0 Å². The van der Waals surface area contributed by atoms with E-state index >= 15 is 0 Å². The van der Waals surface area contributed by atoms with Gasteiger partial charge in [0, 0.05) is 45.7 Å². The number of ether oxygens (including phenoxy) is 1. The molecule has 0 atom stereocenters. The highest BCUT2D eigenvalue weighted by Gasteiger charge is 2.16. The predicted molar refractivity (Wildman–Crippen MR) is 113 cm³/mol. The first-order valence-corrected chi connectivity index (χ1v) is 10.4. The van der Waals surface area contributed by atoms with Gasteiger partial charge in [0.05, 0.1) is 6.61 Å². The third-order valence-electron chi connectivity index (χ3n) is 5.38. The van der Waals surface area contributed by atoms with E-state index in [9.17, 15) is 4.79 Å². The average molecular weight is 381 g/mol. The van der Waals surface area contributed by atoms with Crippen LogP contribution in [-0.4, -0.2) is 55.1 Å². The van der Waals surface area contributed by atoms with Crippen molar-refractivity contribution in [3.8, 4) is 0 Å². The first kappa shape index (κ1) is 20.6. The van der Waals surface area contributed by atoms with Gasteiger partial charge in [-0.15, -0.1) is 0 Å². The minimum Gasteiger partial charge on any atom is -0.466 e. The Bertz CT molecular complexity index is 707. The van der Waals surface area contributed by atoms with Crippen LogP contribution < -0.4 is 0 Å². The molecule has 0 N–H and O–H groups in total. The van der Waals surface area contributed by atoms with Gasteiger partial charge in [0.15, 0.2) is 0 Å². The van der Waals surface area contributed by atoms with E-state index in [0.717, 1.165) is 52.1 Å². The molecule has 0 aromatic heterocycles. The maximum absolute atomic E-state index is 11.5. The van der Waals surface area contributed by atoms with E-state index in [4.69, 9.17) is 4.74 Å². The van der Waals surface area contributed by atoms with Crippen LogP contribution in [0.2, 0.25) is 0 Å². The Hall–Kier alpha value is -2.17. The molecule has 28 heavy (non-hydrogen) atoms. The number of nitrogens with zero attached hydrogens (tertiary/aromatic N) is 2. The lowest BCUT2D eigenvalue weighted by molar-refractivity contribution is -0.143. The van der Waals surface area contributed by atoms with Crippen molar-refractivity contribution in [1.29, 1.82) is 0 Å². The molecule has 3 rings (SSSR count). The molecular formula is C24H32N2O2. The minimum atomic E-state index is -0.113. The molecule has 150 valence electrons. The number of piperazine rings is 1. The third-order valence-corrected chi connectivity index (χ3v) is 5.38. The molecule has 2 aromatic carbocycles. The standard InChI is InChI=1S/C24H32N2O2/c1-2-28-24(27)13-12-21-8-10-22(11-9-21)14-15-25-16-18-26(19-17-25)20-23-6-4-3-5-7-23/h3-11H,2,12-20H2,1H3. The second-order valence-corrected chi connectivity index (χ2v) is 7.47. The fraction of sp³-hybridized carbons (Fsp3) is 0.458. The van der Waals surface area contributed by atoms with Crippen LogP contribution in [0.5, 0.6) is 0 Å². The highest BCUT2D eigenvalue weighted by Crippen LogP contribution is 2.11. The summed E-state index contributed by atoms with van der Waals surface area (Å²) in [5, 5.41) is 0. The smallest absolute Gasteiger partial charge is 0.306 e. The number of rotatable bonds is 9. The molecule has 1 fully saturated rings. The highest BCUT2D eigenvalue weighted by molar-refractivity contribution is 5.69. The van der Waals surface area contributed by atoms with Gasteiger partial charge in [0.1, 0.15) is 0 Å². The van der Waals surface area contributed by atoms with Crippen molar-refractivity contribution < 1.29 is 9.53 Å². The summed E-state index contributed by atoms with van der Waals surface area (Å²) in [6.45, 7) is 9.04. The molecule has 1 aliphatic heterocycles. The molecule has 0 aliphatic carbocycles. The first-order valence-electron chi connectivity index (χ1n) is 10.4. The van der Waals surface area contributed by atoms with Gasteiger partial charge in [-0.3, -0.25) is 9.69 Å². The van der Waals surface area contributed by atoms with Crippen LogP contribution in [0.25, 0.3) is 0 Å². The number of hydrogen-bond acceptors (Lipinski definition) is 4. The van der Waals surface area contributed by atoms with Gasteiger partial charge < -0.3 is 9.64 Å². The predicted octanol–water partition coefficient (Wildman–Crippen LogP) is 3.54. The third kappa shape index (κ3) is 6.77. The van der Waals surface area contributed by atoms with Crippen LogP contribution in [0.1, 0.15) is 30.0 Å². The van der Waals surface area contributed by atoms with E-state index in [1.165, 1.54) is 16.7 Å². The summed E-state index contributed by atoms with van der Waals surface area (Å²) in [5.74, 6) is -0.113. The summed E-state index contributed by atoms with van der Waals surface area (Å²) >= 11 is 0. The van der Waals surface area contributed by atoms with Gasteiger partial charge in [-0.05, 0) is 36.5 Å². The number of carbonyl (C=O) groups is 1. The fourth-order valence-electron chi connectivity index (χ4n) is 3.65. The van der Waals surface area contributed by atoms with Gasteiger partial charge in [-0.25, -0.2) is 0 Å². The van der Waals surface area contributed by atoms with Crippen LogP contribution >= 0.6 is 0 Å². The largest absolute Gasteiger partial charge is 0.466 e. The average Bonchev–Trinajstić information content (AvgIpc) is 2.73. The van der Waals surface area contributed by atoms with Gasteiger partial charge >= 0.3 is 5.97 Å². The second kappa shape index (κ2) is 11.0. The summed E-state index contributed by atoms with van der Waals surface area (Å²) in [7, 11) is 0. The molecule has 1 heterocycles. The maximum Gasteiger partial charge on any atom is 0.306 e. The zero-order chi connectivity index (χ0) is 19.6. The van der Waals surface area contributed by atoms with Gasteiger partial charge in [-0.1, -0.05) is 54.6 Å². The van der Waals surface area contributed by atoms with Crippen LogP contribution in [-0.2, 0) is 28.9 Å². The zero-order valence-corrected chi connectivity index (χ0v) is 17.0. The number of hydrogen-bond donors (Lipinski definition) is 0. The molecule has 0 bridgehead atoms. The lowest BCUT2D eigenvalue weighted by Gasteiger charge is -2.34. The number of benzene rings is 2. The van der Waals surface area contributed by atoms with Crippen molar-refractivity contribution in [3.05, 3.63) is 71.3 Å². The first-order chi connectivity index (χ1) is 13.7. The zero-order valence-electron chi connectivity index (χ0n) is 17.0. The molecule has 0 unspecified atom stereocenters. The van der Waals surface area contributed by atoms with Gasteiger partial charge in [-0.2, -0.15) is 0 Å². The summed E-state index contributed by atoms with van der Waals surface area (Å²) in [6, 6.07) is 19.4. The topological polar surface area (TPSA) is 32.8 Å². The van der Waals surface area contributed by atoms with Crippen LogP contribution in [0.3, 0.4) is 0 Å². The molecule has 4 heteroatoms. The highest BCUT2D eigenvalue weighted by atomic mass is 16.5. The maximum atomic E-state index is 11.5. The minimum absolute atomic E-state index is 0.113. The normalized spacial score (nSPS) is 15.5. The van der Waals surface area contributed by atoms with E-state index in [1.807, 2.05) is 6.92 Å². The molecule has 1 aliphatic rings. The molecule has 4 nitrogen and oxygen atoms in total. The number of aryl methyl sites for hydroxylation is 1. The van der Waals surface area contributed by atoms with Crippen molar-refractivity contribution in [2.45, 2.75) is 32.7 Å². The summed E-state index contributed by atoms with van der Waals surface area (Å²) in [4.78, 5) is 16.6. The molecular weight excluding hydrogens is 348 g/mol. The van der Waals surface area contributed by atoms with E-state index in [1.54, 1.807) is 0 Å². The summed E-state index contributed by atoms with van der Waals surface area (Å²) in [5.41, 5.74) is 3.97. The number of esters is 1. The van der Waals surface area contributed by atoms with Crippen molar-refractivity contribution in [2.24, 2.45) is 0 Å². The van der Waals surface area contributed by atoms with Crippen LogP contribution in [0.15, 0.2) is 54.6 Å². The summed E-state index contributed by atoms with van der Waals surface area (Å²) in [6.07, 6.45) is 2.29. The van der Waals surface area contributed by atoms with E-state index in [2.05, 4.69) is 64.4 Å². The molecule has 0 saturated carbocycles. The van der Waals surface area contributed by atoms with E-state index in [-0.39, 0.29) is 5.97 Å². The lowest BCUT2D eigenvalue weighted by Crippen LogP contribution is -2.46. The Morgan fingerprint density at radius 1 is 0.821 bits per heavy atom. The van der Waals surface area contributed by atoms with Gasteiger partial charge in [0.2, 0.25) is 0 Å². The van der Waals surface area contributed by atoms with Crippen molar-refractivity contribution in [1.82, 2.24) is 9.80 Å². The van der Waals surface area contributed by atoms with Crippen molar-refractivity contribution in [3.63, 3.8) is 0 Å². The summed E-state index contributed by atoms with van der Waals surface area (Å²) < 4.78 is 4.99. The van der Waals surface area contributed by atoms with Gasteiger partial charge in [0.25, 0.3) is 0 Å². The Kier molecular flexibility index (Phi) is 8.07. The van der Waals surface area contributed by atoms with Crippen molar-refractivity contribution in [2.75, 3.05) is 39.3 Å². The lowest BCUT2D eigenvalue weighted by atomic mass is 10.1. The number of carbonyl (C=O) groups excluding carboxylic acids is 1. The Labute approximate surface area is 169 Å². The molecule has 0 radical (unpaired) electrons. The van der Waals surface area contributed by atoms with Crippen LogP contribution in [0.4, 0.5) is 0 Å². The molecule has 0 spiro atoms. The Morgan fingerprint density at radius 2 is 1.43 bits per heavy atom. The Balaban J connectivity index is 1.35. The molecule has 1 saturated heterocycles.